The number of halogens is 2. The predicted octanol–water partition coefficient (Wildman–Crippen LogP) is 4.80. The summed E-state index contributed by atoms with van der Waals surface area (Å²) in [5, 5.41) is 7.12. The lowest BCUT2D eigenvalue weighted by Gasteiger charge is -2.22. The van der Waals surface area contributed by atoms with Crippen molar-refractivity contribution >= 4 is 29.9 Å². The molecule has 1 aliphatic heterocycles. The number of benzene rings is 1. The van der Waals surface area contributed by atoms with E-state index in [9.17, 15) is 8.78 Å². The largest absolute Gasteiger partial charge is 0.374 e. The van der Waals surface area contributed by atoms with E-state index in [0.29, 0.717) is 13.0 Å². The molecule has 0 bridgehead atoms. The molecule has 2 aliphatic rings. The van der Waals surface area contributed by atoms with Gasteiger partial charge in [-0.3, -0.25) is 4.98 Å². The van der Waals surface area contributed by atoms with Crippen molar-refractivity contribution in [3.63, 3.8) is 0 Å². The highest BCUT2D eigenvalue weighted by molar-refractivity contribution is 5.85. The highest BCUT2D eigenvalue weighted by atomic mass is 19.3. The molecule has 0 saturated heterocycles. The van der Waals surface area contributed by atoms with E-state index < -0.39 is 11.8 Å². The summed E-state index contributed by atoms with van der Waals surface area (Å²) in [6.07, 6.45) is 8.67. The third kappa shape index (κ3) is 4.84. The second kappa shape index (κ2) is 8.20. The summed E-state index contributed by atoms with van der Waals surface area (Å²) in [4.78, 5) is 6.43. The Kier molecular flexibility index (Phi) is 5.74. The molecule has 1 aromatic carbocycles. The normalized spacial score (nSPS) is 19.7. The molecule has 2 heterocycles. The first-order valence-corrected chi connectivity index (χ1v) is 8.80. The van der Waals surface area contributed by atoms with Crippen molar-refractivity contribution in [3.05, 3.63) is 60.4 Å². The maximum atomic E-state index is 12.9. The van der Waals surface area contributed by atoms with Crippen molar-refractivity contribution in [2.24, 2.45) is 16.1 Å². The SMILES string of the molecule is C=NN=C.FC1(F)CC1CCN1C=CC(c2ccc3ncccc3c2)=CC1. The Labute approximate surface area is 157 Å². The van der Waals surface area contributed by atoms with Gasteiger partial charge in [-0.05, 0) is 48.0 Å². The fourth-order valence-electron chi connectivity index (χ4n) is 3.07. The lowest BCUT2D eigenvalue weighted by molar-refractivity contribution is 0.0953. The Balaban J connectivity index is 0.000000481. The van der Waals surface area contributed by atoms with E-state index in [1.165, 1.54) is 5.57 Å². The van der Waals surface area contributed by atoms with Crippen LogP contribution in [0.25, 0.3) is 16.5 Å². The third-order valence-corrected chi connectivity index (χ3v) is 4.77. The summed E-state index contributed by atoms with van der Waals surface area (Å²) in [7, 11) is 0. The second-order valence-corrected chi connectivity index (χ2v) is 6.61. The van der Waals surface area contributed by atoms with Crippen LogP contribution in [0.15, 0.2) is 65.1 Å². The molecule has 1 aliphatic carbocycles. The zero-order valence-electron chi connectivity index (χ0n) is 15.1. The summed E-state index contributed by atoms with van der Waals surface area (Å²) in [6.45, 7) is 7.47. The van der Waals surface area contributed by atoms with Crippen LogP contribution in [-0.2, 0) is 0 Å². The summed E-state index contributed by atoms with van der Waals surface area (Å²) in [5.74, 6) is -2.81. The van der Waals surface area contributed by atoms with Crippen molar-refractivity contribution in [1.29, 1.82) is 0 Å². The first-order valence-electron chi connectivity index (χ1n) is 8.80. The Morgan fingerprint density at radius 2 is 2.00 bits per heavy atom. The fourth-order valence-corrected chi connectivity index (χ4v) is 3.07. The quantitative estimate of drug-likeness (QED) is 0.562. The molecule has 1 saturated carbocycles. The Bertz CT molecular complexity index is 883. The van der Waals surface area contributed by atoms with Gasteiger partial charge in [-0.25, -0.2) is 8.78 Å². The lowest BCUT2D eigenvalue weighted by Crippen LogP contribution is -2.21. The molecule has 140 valence electrons. The number of aromatic nitrogens is 1. The first kappa shape index (κ1) is 18.9. The summed E-state index contributed by atoms with van der Waals surface area (Å²) in [6, 6.07) is 10.2. The molecule has 1 fully saturated rings. The third-order valence-electron chi connectivity index (χ3n) is 4.77. The van der Waals surface area contributed by atoms with Gasteiger partial charge in [0, 0.05) is 50.4 Å². The van der Waals surface area contributed by atoms with Crippen LogP contribution < -0.4 is 0 Å². The fraction of sp³-hybridized carbons (Fsp3) is 0.286. The van der Waals surface area contributed by atoms with Gasteiger partial charge < -0.3 is 4.90 Å². The van der Waals surface area contributed by atoms with E-state index in [-0.39, 0.29) is 6.42 Å². The van der Waals surface area contributed by atoms with Gasteiger partial charge in [-0.1, -0.05) is 18.2 Å². The summed E-state index contributed by atoms with van der Waals surface area (Å²) < 4.78 is 25.8. The molecule has 4 nitrogen and oxygen atoms in total. The van der Waals surface area contributed by atoms with Gasteiger partial charge in [-0.15, -0.1) is 0 Å². The van der Waals surface area contributed by atoms with E-state index in [1.807, 2.05) is 18.3 Å². The van der Waals surface area contributed by atoms with E-state index in [1.54, 1.807) is 6.20 Å². The van der Waals surface area contributed by atoms with Crippen LogP contribution in [0.1, 0.15) is 18.4 Å². The highest BCUT2D eigenvalue weighted by Crippen LogP contribution is 2.50. The average Bonchev–Trinajstić information content (AvgIpc) is 3.33. The zero-order valence-corrected chi connectivity index (χ0v) is 15.1. The molecule has 0 spiro atoms. The maximum absolute atomic E-state index is 12.9. The Hall–Kier alpha value is -2.89. The number of hydrogen-bond donors (Lipinski definition) is 0. The van der Waals surface area contributed by atoms with Crippen LogP contribution >= 0.6 is 0 Å². The molecular formula is C21H22F2N4. The number of rotatable bonds is 5. The van der Waals surface area contributed by atoms with Crippen molar-refractivity contribution in [3.8, 4) is 0 Å². The number of hydrogen-bond acceptors (Lipinski definition) is 4. The minimum absolute atomic E-state index is 0.0662. The number of pyridine rings is 1. The summed E-state index contributed by atoms with van der Waals surface area (Å²) >= 11 is 0. The highest BCUT2D eigenvalue weighted by Gasteiger charge is 2.56. The second-order valence-electron chi connectivity index (χ2n) is 6.61. The number of nitrogens with zero attached hydrogens (tertiary/aromatic N) is 4. The van der Waals surface area contributed by atoms with Crippen molar-refractivity contribution in [2.75, 3.05) is 13.1 Å². The molecule has 6 heteroatoms. The lowest BCUT2D eigenvalue weighted by atomic mass is 10.0. The molecule has 2 aromatic rings. The van der Waals surface area contributed by atoms with E-state index in [2.05, 4.69) is 63.9 Å². The minimum atomic E-state index is -2.40. The molecule has 0 radical (unpaired) electrons. The monoisotopic (exact) mass is 368 g/mol. The van der Waals surface area contributed by atoms with Crippen molar-refractivity contribution in [2.45, 2.75) is 18.8 Å². The van der Waals surface area contributed by atoms with Gasteiger partial charge in [0.05, 0.1) is 5.52 Å². The predicted molar refractivity (Wildman–Crippen MR) is 107 cm³/mol. The van der Waals surface area contributed by atoms with Crippen molar-refractivity contribution in [1.82, 2.24) is 9.88 Å². The smallest absolute Gasteiger partial charge is 0.251 e. The van der Waals surface area contributed by atoms with Gasteiger partial charge in [0.2, 0.25) is 0 Å². The number of allylic oxidation sites excluding steroid dienone is 2. The molecule has 1 aromatic heterocycles. The van der Waals surface area contributed by atoms with Crippen LogP contribution in [0.5, 0.6) is 0 Å². The molecule has 1 unspecified atom stereocenters. The zero-order chi connectivity index (χ0) is 19.3. The summed E-state index contributed by atoms with van der Waals surface area (Å²) in [5.41, 5.74) is 3.32. The standard InChI is InChI=1S/C19H18F2N2.C2H4N2/c20-19(21)13-17(19)7-11-23-9-5-14(6-10-23)15-3-4-18-16(12-15)2-1-8-22-18;1-3-4-2/h1-6,8-9,12,17H,7,10-11,13H2;1-2H2. The Morgan fingerprint density at radius 3 is 2.63 bits per heavy atom. The van der Waals surface area contributed by atoms with Crippen LogP contribution in [-0.4, -0.2) is 42.3 Å². The molecule has 4 rings (SSSR count). The van der Waals surface area contributed by atoms with E-state index in [0.717, 1.165) is 23.0 Å². The maximum Gasteiger partial charge on any atom is 0.251 e. The number of alkyl halides is 2. The van der Waals surface area contributed by atoms with Crippen LogP contribution in [0.4, 0.5) is 8.78 Å². The molecule has 0 amide bonds. The molecule has 27 heavy (non-hydrogen) atoms. The van der Waals surface area contributed by atoms with Gasteiger partial charge in [0.25, 0.3) is 5.92 Å². The molecule has 1 atom stereocenters. The van der Waals surface area contributed by atoms with Gasteiger partial charge in [-0.2, -0.15) is 10.2 Å². The van der Waals surface area contributed by atoms with Gasteiger partial charge in [0.15, 0.2) is 0 Å². The number of fused-ring (bicyclic) bond motifs is 1. The van der Waals surface area contributed by atoms with Crippen LogP contribution in [0.2, 0.25) is 0 Å². The van der Waals surface area contributed by atoms with Crippen LogP contribution in [0.3, 0.4) is 0 Å². The van der Waals surface area contributed by atoms with Gasteiger partial charge in [0.1, 0.15) is 0 Å². The Morgan fingerprint density at radius 1 is 1.22 bits per heavy atom. The van der Waals surface area contributed by atoms with E-state index in [4.69, 9.17) is 0 Å². The minimum Gasteiger partial charge on any atom is -0.374 e. The van der Waals surface area contributed by atoms with Crippen LogP contribution in [0, 0.1) is 5.92 Å². The molecule has 0 N–H and O–H groups in total. The van der Waals surface area contributed by atoms with Crippen molar-refractivity contribution < 1.29 is 8.78 Å². The van der Waals surface area contributed by atoms with E-state index >= 15 is 0 Å². The molecular weight excluding hydrogens is 346 g/mol. The van der Waals surface area contributed by atoms with Gasteiger partial charge >= 0.3 is 0 Å². The topological polar surface area (TPSA) is 40.9 Å². The average molecular weight is 368 g/mol. The first-order chi connectivity index (χ1) is 13.0.